The molecule has 0 spiro atoms. The largest absolute Gasteiger partial charge is 0.381 e. The number of thiazole rings is 1. The van der Waals surface area contributed by atoms with Gasteiger partial charge in [0.1, 0.15) is 5.60 Å². The van der Waals surface area contributed by atoms with E-state index in [0.717, 1.165) is 29.1 Å². The summed E-state index contributed by atoms with van der Waals surface area (Å²) < 4.78 is 0. The van der Waals surface area contributed by atoms with E-state index in [2.05, 4.69) is 22.4 Å². The van der Waals surface area contributed by atoms with Crippen molar-refractivity contribution in [1.82, 2.24) is 14.8 Å². The molecule has 4 rings (SSSR count). The smallest absolute Gasteiger partial charge is 0.322 e. The van der Waals surface area contributed by atoms with Gasteiger partial charge in [-0.25, -0.2) is 9.78 Å². The van der Waals surface area contributed by atoms with Crippen LogP contribution < -0.4 is 5.32 Å². The van der Waals surface area contributed by atoms with Gasteiger partial charge in [0.2, 0.25) is 0 Å². The Morgan fingerprint density at radius 1 is 1.14 bits per heavy atom. The van der Waals surface area contributed by atoms with Crippen LogP contribution >= 0.6 is 11.3 Å². The molecule has 7 nitrogen and oxygen atoms in total. The number of nitrogens with zero attached hydrogens (tertiary/aromatic N) is 3. The summed E-state index contributed by atoms with van der Waals surface area (Å²) in [5, 5.41) is 12.9. The first-order chi connectivity index (χ1) is 13.8. The molecule has 0 radical (unpaired) electrons. The van der Waals surface area contributed by atoms with E-state index in [-0.39, 0.29) is 11.9 Å². The third kappa shape index (κ3) is 4.28. The summed E-state index contributed by atoms with van der Waals surface area (Å²) in [5.41, 5.74) is 3.49. The van der Waals surface area contributed by atoms with Crippen molar-refractivity contribution in [2.45, 2.75) is 51.3 Å². The number of anilines is 1. The van der Waals surface area contributed by atoms with Crippen molar-refractivity contribution in [1.29, 1.82) is 0 Å². The van der Waals surface area contributed by atoms with Crippen LogP contribution in [0, 0.1) is 0 Å². The number of hydrogen-bond donors (Lipinski definition) is 2. The number of carbonyl (C=O) groups excluding carboxylic acids is 2. The molecule has 1 aromatic heterocycles. The Bertz CT molecular complexity index is 875. The Hall–Kier alpha value is -2.45. The molecule has 0 aliphatic carbocycles. The molecular formula is C21H26N4O3S. The Kier molecular flexibility index (Phi) is 5.31. The molecule has 0 saturated carbocycles. The topological polar surface area (TPSA) is 85.8 Å². The number of aliphatic hydroxyl groups is 1. The summed E-state index contributed by atoms with van der Waals surface area (Å²) in [7, 11) is 0. The third-order valence-electron chi connectivity index (χ3n) is 5.63. The minimum Gasteiger partial charge on any atom is -0.381 e. The highest BCUT2D eigenvalue weighted by Gasteiger charge is 2.32. The number of nitrogens with one attached hydrogen (secondary N) is 1. The van der Waals surface area contributed by atoms with E-state index in [1.165, 1.54) is 19.4 Å². The molecule has 1 saturated heterocycles. The molecule has 0 bridgehead atoms. The minimum absolute atomic E-state index is 0.110. The number of hydrogen-bond acceptors (Lipinski definition) is 5. The second kappa shape index (κ2) is 7.76. The van der Waals surface area contributed by atoms with Crippen LogP contribution in [0.25, 0.3) is 0 Å². The van der Waals surface area contributed by atoms with Crippen LogP contribution in [-0.4, -0.2) is 50.5 Å². The first-order valence-corrected chi connectivity index (χ1v) is 10.8. The van der Waals surface area contributed by atoms with Crippen LogP contribution in [0.15, 0.2) is 29.8 Å². The zero-order valence-electron chi connectivity index (χ0n) is 16.7. The lowest BCUT2D eigenvalue weighted by Gasteiger charge is -2.35. The zero-order chi connectivity index (χ0) is 20.6. The SMILES string of the molecule is CC(C)(O)C(=O)N1CCC(c2ccc(NC(=O)N3Cc4ncsc4C3)cc2)CC1. The number of piperidine rings is 1. The van der Waals surface area contributed by atoms with E-state index < -0.39 is 5.60 Å². The van der Waals surface area contributed by atoms with Gasteiger partial charge in [0.15, 0.2) is 0 Å². The molecule has 2 aromatic rings. The summed E-state index contributed by atoms with van der Waals surface area (Å²) in [5.74, 6) is 0.173. The number of rotatable bonds is 3. The Morgan fingerprint density at radius 2 is 1.83 bits per heavy atom. The Morgan fingerprint density at radius 3 is 2.45 bits per heavy atom. The number of benzene rings is 1. The second-order valence-corrected chi connectivity index (χ2v) is 9.20. The van der Waals surface area contributed by atoms with Crippen LogP contribution in [0.5, 0.6) is 0 Å². The molecule has 3 amide bonds. The highest BCUT2D eigenvalue weighted by molar-refractivity contribution is 7.09. The van der Waals surface area contributed by atoms with Crippen LogP contribution in [0.3, 0.4) is 0 Å². The summed E-state index contributed by atoms with van der Waals surface area (Å²) >= 11 is 1.59. The fourth-order valence-electron chi connectivity index (χ4n) is 3.95. The molecule has 154 valence electrons. The van der Waals surface area contributed by atoms with E-state index in [1.807, 2.05) is 17.6 Å². The quantitative estimate of drug-likeness (QED) is 0.808. The molecule has 1 fully saturated rings. The predicted molar refractivity (Wildman–Crippen MR) is 112 cm³/mol. The summed E-state index contributed by atoms with van der Waals surface area (Å²) in [6, 6.07) is 7.87. The first-order valence-electron chi connectivity index (χ1n) is 9.90. The van der Waals surface area contributed by atoms with E-state index >= 15 is 0 Å². The Balaban J connectivity index is 1.30. The first kappa shape index (κ1) is 19.8. The van der Waals surface area contributed by atoms with E-state index in [4.69, 9.17) is 0 Å². The molecule has 0 unspecified atom stereocenters. The van der Waals surface area contributed by atoms with Crippen LogP contribution in [0.1, 0.15) is 48.7 Å². The van der Waals surface area contributed by atoms with Gasteiger partial charge in [-0.2, -0.15) is 0 Å². The van der Waals surface area contributed by atoms with E-state index in [9.17, 15) is 14.7 Å². The van der Waals surface area contributed by atoms with E-state index in [0.29, 0.717) is 32.1 Å². The summed E-state index contributed by atoms with van der Waals surface area (Å²) in [6.45, 7) is 5.55. The van der Waals surface area contributed by atoms with E-state index in [1.54, 1.807) is 21.1 Å². The summed E-state index contributed by atoms with van der Waals surface area (Å²) in [6.07, 6.45) is 1.74. The maximum absolute atomic E-state index is 12.5. The lowest BCUT2D eigenvalue weighted by molar-refractivity contribution is -0.148. The summed E-state index contributed by atoms with van der Waals surface area (Å²) in [4.78, 5) is 33.6. The lowest BCUT2D eigenvalue weighted by Crippen LogP contribution is -2.48. The van der Waals surface area contributed by atoms with Crippen LogP contribution in [-0.2, 0) is 17.9 Å². The van der Waals surface area contributed by atoms with Gasteiger partial charge in [0.05, 0.1) is 24.3 Å². The maximum Gasteiger partial charge on any atom is 0.322 e. The average molecular weight is 415 g/mol. The van der Waals surface area contributed by atoms with Crippen molar-refractivity contribution >= 4 is 29.0 Å². The molecule has 8 heteroatoms. The number of likely N-dealkylation sites (tertiary alicyclic amines) is 1. The van der Waals surface area contributed by atoms with Gasteiger partial charge in [-0.15, -0.1) is 11.3 Å². The molecule has 2 N–H and O–H groups in total. The molecule has 2 aliphatic rings. The van der Waals surface area contributed by atoms with Crippen LogP contribution in [0.2, 0.25) is 0 Å². The van der Waals surface area contributed by atoms with Crippen molar-refractivity contribution in [3.05, 3.63) is 45.9 Å². The van der Waals surface area contributed by atoms with Gasteiger partial charge in [-0.1, -0.05) is 12.1 Å². The number of amides is 3. The monoisotopic (exact) mass is 414 g/mol. The van der Waals surface area contributed by atoms with Crippen molar-refractivity contribution in [3.8, 4) is 0 Å². The fourth-order valence-corrected chi connectivity index (χ4v) is 4.74. The molecule has 2 aliphatic heterocycles. The van der Waals surface area contributed by atoms with Gasteiger partial charge >= 0.3 is 6.03 Å². The van der Waals surface area contributed by atoms with Crippen molar-refractivity contribution < 1.29 is 14.7 Å². The second-order valence-electron chi connectivity index (χ2n) is 8.26. The van der Waals surface area contributed by atoms with Gasteiger partial charge in [0, 0.05) is 23.7 Å². The fraction of sp³-hybridized carbons (Fsp3) is 0.476. The van der Waals surface area contributed by atoms with Gasteiger partial charge in [-0.05, 0) is 50.3 Å². The third-order valence-corrected chi connectivity index (χ3v) is 6.49. The van der Waals surface area contributed by atoms with Crippen LogP contribution in [0.4, 0.5) is 10.5 Å². The number of urea groups is 1. The molecule has 1 aromatic carbocycles. The lowest BCUT2D eigenvalue weighted by atomic mass is 9.89. The zero-order valence-corrected chi connectivity index (χ0v) is 17.5. The predicted octanol–water partition coefficient (Wildman–Crippen LogP) is 3.17. The molecular weight excluding hydrogens is 388 g/mol. The number of carbonyl (C=O) groups is 2. The standard InChI is InChI=1S/C21H26N4O3S/c1-21(2,28)19(26)24-9-7-15(8-10-24)14-3-5-16(6-4-14)23-20(27)25-11-17-18(12-25)29-13-22-17/h3-6,13,15,28H,7-12H2,1-2H3,(H,23,27). The number of fused-ring (bicyclic) bond motifs is 1. The average Bonchev–Trinajstić information content (AvgIpc) is 3.30. The Labute approximate surface area is 174 Å². The van der Waals surface area contributed by atoms with Gasteiger partial charge < -0.3 is 20.2 Å². The normalized spacial score (nSPS) is 17.3. The molecule has 0 atom stereocenters. The van der Waals surface area contributed by atoms with Crippen molar-refractivity contribution in [3.63, 3.8) is 0 Å². The number of aromatic nitrogens is 1. The molecule has 3 heterocycles. The van der Waals surface area contributed by atoms with Gasteiger partial charge in [0.25, 0.3) is 5.91 Å². The highest BCUT2D eigenvalue weighted by atomic mass is 32.1. The maximum atomic E-state index is 12.5. The van der Waals surface area contributed by atoms with Gasteiger partial charge in [-0.3, -0.25) is 4.79 Å². The van der Waals surface area contributed by atoms with Crippen molar-refractivity contribution in [2.75, 3.05) is 18.4 Å². The highest BCUT2D eigenvalue weighted by Crippen LogP contribution is 2.30. The van der Waals surface area contributed by atoms with Crippen molar-refractivity contribution in [2.24, 2.45) is 0 Å². The minimum atomic E-state index is -1.32. The molecule has 29 heavy (non-hydrogen) atoms.